The molecule has 6 heterocycles. The molecule has 5 aromatic rings. The van der Waals surface area contributed by atoms with Gasteiger partial charge >= 0.3 is 0 Å². The van der Waals surface area contributed by atoms with Crippen LogP contribution in [-0.2, 0) is 6.54 Å². The minimum Gasteiger partial charge on any atom is -0.492 e. The summed E-state index contributed by atoms with van der Waals surface area (Å²) >= 11 is 6.35. The van der Waals surface area contributed by atoms with E-state index in [2.05, 4.69) is 41.9 Å². The Hall–Kier alpha value is -4.71. The Bertz CT molecular complexity index is 1790. The lowest BCUT2D eigenvalue weighted by atomic mass is 9.82. The number of hydrogen-bond acceptors (Lipinski definition) is 11. The first-order chi connectivity index (χ1) is 24.1. The zero-order valence-corrected chi connectivity index (χ0v) is 28.4. The summed E-state index contributed by atoms with van der Waals surface area (Å²) in [7, 11) is 0. The lowest BCUT2D eigenvalue weighted by molar-refractivity contribution is 0.148. The second-order valence-corrected chi connectivity index (χ2v) is 13.1. The molecule has 0 saturated carbocycles. The second-order valence-electron chi connectivity index (χ2n) is 12.7. The topological polar surface area (TPSA) is 122 Å². The van der Waals surface area contributed by atoms with Crippen molar-refractivity contribution < 1.29 is 4.74 Å². The number of hydrogen-bond donors (Lipinski definition) is 1. The monoisotopic (exact) mass is 676 g/mol. The second kappa shape index (κ2) is 15.2. The molecule has 2 aliphatic heterocycles. The Kier molecular flexibility index (Phi) is 10.2. The number of likely N-dealkylation sites (tertiary alicyclic amines) is 1. The van der Waals surface area contributed by atoms with Gasteiger partial charge in [-0.15, -0.1) is 0 Å². The molecule has 252 valence electrons. The first-order valence-corrected chi connectivity index (χ1v) is 17.3. The van der Waals surface area contributed by atoms with Crippen molar-refractivity contribution in [2.45, 2.75) is 51.2 Å². The van der Waals surface area contributed by atoms with Gasteiger partial charge in [-0.25, -0.2) is 25.8 Å². The van der Waals surface area contributed by atoms with Gasteiger partial charge in [-0.3, -0.25) is 19.9 Å². The molecule has 7 rings (SSSR count). The molecule has 11 nitrogen and oxygen atoms in total. The van der Waals surface area contributed by atoms with Crippen molar-refractivity contribution in [1.29, 1.82) is 0 Å². The van der Waals surface area contributed by atoms with Crippen molar-refractivity contribution >= 4 is 23.5 Å². The van der Waals surface area contributed by atoms with E-state index in [9.17, 15) is 0 Å². The van der Waals surface area contributed by atoms with Gasteiger partial charge in [-0.1, -0.05) is 29.8 Å². The molecule has 12 heteroatoms. The number of benzene rings is 1. The Labute approximate surface area is 292 Å². The van der Waals surface area contributed by atoms with Gasteiger partial charge in [0.05, 0.1) is 17.7 Å². The van der Waals surface area contributed by atoms with Crippen molar-refractivity contribution in [2.75, 3.05) is 36.1 Å². The molecule has 2 unspecified atom stereocenters. The summed E-state index contributed by atoms with van der Waals surface area (Å²) in [6.07, 6.45) is 18.4. The number of anilines is 2. The average Bonchev–Trinajstić information content (AvgIpc) is 3.17. The van der Waals surface area contributed by atoms with E-state index in [1.165, 1.54) is 5.56 Å². The first-order valence-electron chi connectivity index (χ1n) is 16.9. The van der Waals surface area contributed by atoms with Gasteiger partial charge in [-0.05, 0) is 81.4 Å². The van der Waals surface area contributed by atoms with Crippen LogP contribution < -0.4 is 20.5 Å². The maximum Gasteiger partial charge on any atom is 0.240 e. The van der Waals surface area contributed by atoms with Crippen molar-refractivity contribution in [2.24, 2.45) is 11.8 Å². The highest BCUT2D eigenvalue weighted by Crippen LogP contribution is 2.35. The van der Waals surface area contributed by atoms with Gasteiger partial charge in [0.1, 0.15) is 5.75 Å². The zero-order valence-electron chi connectivity index (χ0n) is 27.6. The molecule has 2 fully saturated rings. The molecule has 4 aromatic heterocycles. The average molecular weight is 677 g/mol. The van der Waals surface area contributed by atoms with E-state index in [4.69, 9.17) is 32.1 Å². The van der Waals surface area contributed by atoms with Gasteiger partial charge in [0.2, 0.25) is 11.9 Å². The largest absolute Gasteiger partial charge is 0.492 e. The van der Waals surface area contributed by atoms with Crippen LogP contribution in [0.3, 0.4) is 0 Å². The van der Waals surface area contributed by atoms with E-state index in [1.807, 2.05) is 74.4 Å². The highest BCUT2D eigenvalue weighted by atomic mass is 35.5. The Morgan fingerprint density at radius 2 is 1.47 bits per heavy atom. The standard InChI is InChI=1S/C37H41ClN10O/c1-2-49-35-17-26(7-8-33(35)38)25-46-14-9-27(10-15-46)34-18-32(48(39)37-44-23-31(24-45-37)29-6-4-13-41-20-29)11-16-47(34)36-42-21-30(22-43-36)28-5-3-12-40-19-28/h3-8,12-13,17,19-24,27,32,34H,2,9-11,14-16,18,25,39H2,1H3. The van der Waals surface area contributed by atoms with Crippen molar-refractivity contribution in [3.8, 4) is 28.0 Å². The molecule has 0 bridgehead atoms. The zero-order chi connectivity index (χ0) is 33.6. The number of rotatable bonds is 10. The van der Waals surface area contributed by atoms with Gasteiger partial charge in [-0.2, -0.15) is 0 Å². The minimum absolute atomic E-state index is 0.0734. The summed E-state index contributed by atoms with van der Waals surface area (Å²) in [5, 5.41) is 2.41. The molecule has 2 saturated heterocycles. The van der Waals surface area contributed by atoms with Gasteiger partial charge in [0, 0.05) is 91.0 Å². The van der Waals surface area contributed by atoms with E-state index < -0.39 is 0 Å². The van der Waals surface area contributed by atoms with Crippen LogP contribution in [0.15, 0.2) is 92.0 Å². The van der Waals surface area contributed by atoms with E-state index >= 15 is 0 Å². The normalized spacial score (nSPS) is 18.7. The molecule has 2 N–H and O–H groups in total. The number of piperidine rings is 2. The number of ether oxygens (including phenoxy) is 1. The van der Waals surface area contributed by atoms with Crippen molar-refractivity contribution in [3.63, 3.8) is 0 Å². The third-order valence-corrected chi connectivity index (χ3v) is 9.95. The highest BCUT2D eigenvalue weighted by Gasteiger charge is 2.39. The summed E-state index contributed by atoms with van der Waals surface area (Å²) in [4.78, 5) is 32.4. The van der Waals surface area contributed by atoms with Crippen LogP contribution in [0, 0.1) is 5.92 Å². The van der Waals surface area contributed by atoms with Crippen molar-refractivity contribution in [1.82, 2.24) is 34.8 Å². The Balaban J connectivity index is 1.07. The maximum atomic E-state index is 6.78. The Morgan fingerprint density at radius 1 is 0.816 bits per heavy atom. The van der Waals surface area contributed by atoms with E-state index in [-0.39, 0.29) is 12.1 Å². The van der Waals surface area contributed by atoms with Crippen LogP contribution in [0.5, 0.6) is 5.75 Å². The van der Waals surface area contributed by atoms with Gasteiger partial charge in [0.15, 0.2) is 0 Å². The fourth-order valence-electron chi connectivity index (χ4n) is 7.04. The van der Waals surface area contributed by atoms with Crippen LogP contribution >= 0.6 is 11.6 Å². The molecular formula is C37H41ClN10O. The quantitative estimate of drug-likeness (QED) is 0.137. The predicted molar refractivity (Wildman–Crippen MR) is 192 cm³/mol. The van der Waals surface area contributed by atoms with Gasteiger partial charge < -0.3 is 9.64 Å². The molecule has 1 aromatic carbocycles. The summed E-state index contributed by atoms with van der Waals surface area (Å²) in [5.74, 6) is 9.25. The van der Waals surface area contributed by atoms with Crippen LogP contribution in [0.4, 0.5) is 11.9 Å². The number of nitrogens with zero attached hydrogens (tertiary/aromatic N) is 9. The summed E-state index contributed by atoms with van der Waals surface area (Å²) in [6.45, 7) is 6.21. The fourth-order valence-corrected chi connectivity index (χ4v) is 7.22. The van der Waals surface area contributed by atoms with Crippen molar-refractivity contribution in [3.05, 3.63) is 103 Å². The van der Waals surface area contributed by atoms with E-state index in [1.54, 1.807) is 17.4 Å². The summed E-state index contributed by atoms with van der Waals surface area (Å²) in [6, 6.07) is 14.2. The van der Waals surface area contributed by atoms with Gasteiger partial charge in [0.25, 0.3) is 0 Å². The lowest BCUT2D eigenvalue weighted by Crippen LogP contribution is -2.56. The minimum atomic E-state index is 0.0734. The summed E-state index contributed by atoms with van der Waals surface area (Å²) < 4.78 is 5.74. The molecule has 0 spiro atoms. The third-order valence-electron chi connectivity index (χ3n) is 9.64. The van der Waals surface area contributed by atoms with E-state index in [0.29, 0.717) is 23.5 Å². The number of halogens is 1. The predicted octanol–water partition coefficient (Wildman–Crippen LogP) is 6.07. The molecule has 0 radical (unpaired) electrons. The SMILES string of the molecule is CCOc1cc(CN2CCC(C3CC(N(N)c4ncc(-c5cccnc5)cn4)CCN3c3ncc(-c4cccnc4)cn3)CC2)ccc1Cl. The molecule has 49 heavy (non-hydrogen) atoms. The number of nitrogens with two attached hydrogens (primary N) is 1. The maximum absolute atomic E-state index is 6.78. The lowest BCUT2D eigenvalue weighted by Gasteiger charge is -2.47. The van der Waals surface area contributed by atoms with Crippen LogP contribution in [0.1, 0.15) is 38.2 Å². The van der Waals surface area contributed by atoms with Crippen LogP contribution in [0.25, 0.3) is 22.3 Å². The van der Waals surface area contributed by atoms with Crippen LogP contribution in [0.2, 0.25) is 5.02 Å². The number of aromatic nitrogens is 6. The molecule has 0 amide bonds. The molecule has 2 aliphatic rings. The molecule has 2 atom stereocenters. The summed E-state index contributed by atoms with van der Waals surface area (Å²) in [5.41, 5.74) is 5.04. The first kappa shape index (κ1) is 32.8. The molecule has 0 aliphatic carbocycles. The third kappa shape index (κ3) is 7.64. The molecular weight excluding hydrogens is 636 g/mol. The number of hydrazine groups is 1. The highest BCUT2D eigenvalue weighted by molar-refractivity contribution is 6.32. The smallest absolute Gasteiger partial charge is 0.240 e. The Morgan fingerprint density at radius 3 is 2.08 bits per heavy atom. The van der Waals surface area contributed by atoms with Crippen LogP contribution in [-0.4, -0.2) is 73.1 Å². The van der Waals surface area contributed by atoms with E-state index in [0.717, 1.165) is 85.8 Å². The fraction of sp³-hybridized carbons (Fsp3) is 0.351. The number of pyridine rings is 2.